The molecular formula is C62H41N7O6. The van der Waals surface area contributed by atoms with E-state index in [0.717, 1.165) is 5.56 Å². The minimum absolute atomic E-state index is 0.276. The fraction of sp³-hybridized carbons (Fsp3) is 0.0161. The van der Waals surface area contributed by atoms with Crippen LogP contribution in [0.1, 0.15) is 5.56 Å². The molecule has 0 aliphatic rings. The molecule has 13 heteroatoms. The minimum atomic E-state index is -0.339. The predicted octanol–water partition coefficient (Wildman–Crippen LogP) is 12.7. The van der Waals surface area contributed by atoms with Gasteiger partial charge in [-0.15, -0.1) is 0 Å². The summed E-state index contributed by atoms with van der Waals surface area (Å²) in [5.74, 6) is 2.93. The van der Waals surface area contributed by atoms with Crippen LogP contribution in [0.3, 0.4) is 0 Å². The van der Waals surface area contributed by atoms with Crippen LogP contribution in [0.2, 0.25) is 0 Å². The standard InChI is InChI=1S/C62H41N7O6/c1-31-11-3-5-21-46(31)68-32(2)41-27-48(72-37-16-7-12-33(63)23-37)54-55-49(73-38-17-8-13-34(64)24-38)28-42-53-44(62(71)69-47-22-6-4-20-45(47)67-60(42)69)30-51(75-40-19-10-15-36(66)26-40)57(59(53)55)56-50(74-39-18-9-14-35(65)25-39)29-43(61(68)70)52(41)58(54)56/h3-30H,2,63-66H2,1H3. The van der Waals surface area contributed by atoms with Crippen molar-refractivity contribution < 1.29 is 18.9 Å². The summed E-state index contributed by atoms with van der Waals surface area (Å²) in [5, 5.41) is 6.62. The number of ether oxygens (including phenoxy) is 4. The molecule has 75 heavy (non-hydrogen) atoms. The van der Waals surface area contributed by atoms with E-state index < -0.39 is 0 Å². The molecule has 0 aliphatic heterocycles. The second-order valence-electron chi connectivity index (χ2n) is 18.8. The van der Waals surface area contributed by atoms with Crippen LogP contribution in [-0.2, 0) is 0 Å². The maximum absolute atomic E-state index is 15.7. The third-order valence-corrected chi connectivity index (χ3v) is 14.1. The highest BCUT2D eigenvalue weighted by atomic mass is 16.5. The third-order valence-electron chi connectivity index (χ3n) is 14.1. The number of hydrogen-bond donors (Lipinski definition) is 4. The van der Waals surface area contributed by atoms with Gasteiger partial charge in [-0.3, -0.25) is 18.6 Å². The van der Waals surface area contributed by atoms with Gasteiger partial charge in [-0.25, -0.2) is 4.98 Å². The van der Waals surface area contributed by atoms with Crippen molar-refractivity contribution in [3.63, 3.8) is 0 Å². The number of fused-ring (bicyclic) bond motifs is 6. The van der Waals surface area contributed by atoms with E-state index in [1.54, 1.807) is 93.9 Å². The summed E-state index contributed by atoms with van der Waals surface area (Å²) in [6.07, 6.45) is 0. The molecule has 0 bridgehead atoms. The van der Waals surface area contributed by atoms with E-state index in [1.165, 1.54) is 0 Å². The van der Waals surface area contributed by atoms with Gasteiger partial charge in [0.1, 0.15) is 51.6 Å². The van der Waals surface area contributed by atoms with Crippen LogP contribution < -0.4 is 58.3 Å². The monoisotopic (exact) mass is 979 g/mol. The summed E-state index contributed by atoms with van der Waals surface area (Å²) in [7, 11) is 0. The van der Waals surface area contributed by atoms with Gasteiger partial charge < -0.3 is 41.9 Å². The van der Waals surface area contributed by atoms with Gasteiger partial charge in [0.15, 0.2) is 0 Å². The molecule has 0 amide bonds. The number of pyridine rings is 2. The zero-order valence-corrected chi connectivity index (χ0v) is 40.0. The first kappa shape index (κ1) is 43.3. The Balaban J connectivity index is 1.29. The summed E-state index contributed by atoms with van der Waals surface area (Å²) in [4.78, 5) is 36.3. The smallest absolute Gasteiger partial charge is 0.264 e. The number of aromatic nitrogens is 3. The number of anilines is 4. The quantitative estimate of drug-likeness (QED) is 0.0610. The SMILES string of the molecule is C=c1c2cc(Oc3cccc(N)c3)c3c4c(Oc5cccc(N)c5)cc5c6c(cc(Oc7cccc(N)c7)c(c7c(Oc8cccc(N)c8)cc(c(=O)n1-c1ccccc1C)c2c73)c46)c(=O)n1c2ccccc2nc51. The molecule has 13 nitrogen and oxygen atoms in total. The average Bonchev–Trinajstić information content (AvgIpc) is 3.80. The summed E-state index contributed by atoms with van der Waals surface area (Å²) >= 11 is 0. The summed E-state index contributed by atoms with van der Waals surface area (Å²) < 4.78 is 31.7. The van der Waals surface area contributed by atoms with Gasteiger partial charge in [0.2, 0.25) is 0 Å². The van der Waals surface area contributed by atoms with E-state index in [2.05, 4.69) is 6.58 Å². The topological polar surface area (TPSA) is 197 Å². The van der Waals surface area contributed by atoms with Crippen molar-refractivity contribution in [3.8, 4) is 51.7 Å². The van der Waals surface area contributed by atoms with Crippen molar-refractivity contribution in [2.24, 2.45) is 0 Å². The second-order valence-corrected chi connectivity index (χ2v) is 18.8. The molecule has 8 N–H and O–H groups in total. The van der Waals surface area contributed by atoms with Crippen molar-refractivity contribution >= 4 is 111 Å². The molecule has 360 valence electrons. The van der Waals surface area contributed by atoms with E-state index in [1.807, 2.05) is 91.9 Å². The van der Waals surface area contributed by atoms with E-state index >= 15 is 9.59 Å². The maximum Gasteiger partial charge on any atom is 0.264 e. The van der Waals surface area contributed by atoms with Gasteiger partial charge in [-0.2, -0.15) is 0 Å². The molecule has 0 atom stereocenters. The third kappa shape index (κ3) is 6.54. The number of rotatable bonds is 9. The number of imidazole rings is 1. The Bertz CT molecular complexity index is 4800. The predicted molar refractivity (Wildman–Crippen MR) is 301 cm³/mol. The summed E-state index contributed by atoms with van der Waals surface area (Å²) in [6.45, 7) is 6.60. The van der Waals surface area contributed by atoms with E-state index in [9.17, 15) is 0 Å². The Labute approximate surface area is 424 Å². The lowest BCUT2D eigenvalue weighted by atomic mass is 9.84. The molecule has 11 aromatic carbocycles. The van der Waals surface area contributed by atoms with Crippen LogP contribution in [0.4, 0.5) is 22.7 Å². The zero-order valence-electron chi connectivity index (χ0n) is 40.0. The molecule has 3 aromatic heterocycles. The first-order chi connectivity index (χ1) is 36.5. The number of nitrogens with two attached hydrogens (primary N) is 4. The summed E-state index contributed by atoms with van der Waals surface area (Å²) in [6, 6.07) is 51.0. The van der Waals surface area contributed by atoms with Gasteiger partial charge in [0, 0.05) is 101 Å². The number of hydrogen-bond acceptors (Lipinski definition) is 11. The van der Waals surface area contributed by atoms with E-state index in [4.69, 9.17) is 46.9 Å². The molecule has 0 fully saturated rings. The highest BCUT2D eigenvalue weighted by Gasteiger charge is 2.32. The molecule has 0 unspecified atom stereocenters. The van der Waals surface area contributed by atoms with Crippen LogP contribution >= 0.6 is 0 Å². The van der Waals surface area contributed by atoms with Gasteiger partial charge in [-0.1, -0.05) is 61.2 Å². The molecule has 14 rings (SSSR count). The summed E-state index contributed by atoms with van der Waals surface area (Å²) in [5.41, 5.74) is 30.1. The first-order valence-electron chi connectivity index (χ1n) is 24.1. The number of benzene rings is 11. The molecule has 0 saturated carbocycles. The van der Waals surface area contributed by atoms with Crippen molar-refractivity contribution in [3.05, 3.63) is 201 Å². The Morgan fingerprint density at radius 1 is 0.427 bits per heavy atom. The molecule has 0 aliphatic carbocycles. The molecule has 0 spiro atoms. The van der Waals surface area contributed by atoms with Gasteiger partial charge >= 0.3 is 0 Å². The Morgan fingerprint density at radius 3 is 1.32 bits per heavy atom. The highest BCUT2D eigenvalue weighted by Crippen LogP contribution is 2.57. The molecular weight excluding hydrogens is 939 g/mol. The van der Waals surface area contributed by atoms with E-state index in [-0.39, 0.29) is 22.6 Å². The van der Waals surface area contributed by atoms with Crippen LogP contribution in [0.15, 0.2) is 179 Å². The lowest BCUT2D eigenvalue weighted by Crippen LogP contribution is -2.32. The Kier molecular flexibility index (Phi) is 9.22. The second kappa shape index (κ2) is 16.0. The first-order valence-corrected chi connectivity index (χ1v) is 24.1. The van der Waals surface area contributed by atoms with Crippen molar-refractivity contribution in [2.45, 2.75) is 6.92 Å². The minimum Gasteiger partial charge on any atom is -0.457 e. The lowest BCUT2D eigenvalue weighted by Gasteiger charge is -2.26. The van der Waals surface area contributed by atoms with Crippen molar-refractivity contribution in [1.29, 1.82) is 0 Å². The largest absolute Gasteiger partial charge is 0.457 e. The number of nitrogens with zero attached hydrogens (tertiary/aromatic N) is 3. The molecule has 3 heterocycles. The fourth-order valence-corrected chi connectivity index (χ4v) is 11.0. The Hall–Kier alpha value is -10.5. The van der Waals surface area contributed by atoms with Crippen LogP contribution in [0, 0.1) is 6.92 Å². The lowest BCUT2D eigenvalue weighted by molar-refractivity contribution is 0.484. The van der Waals surface area contributed by atoms with Crippen molar-refractivity contribution in [1.82, 2.24) is 14.0 Å². The fourth-order valence-electron chi connectivity index (χ4n) is 11.0. The van der Waals surface area contributed by atoms with E-state index in [0.29, 0.717) is 150 Å². The normalized spacial score (nSPS) is 11.9. The van der Waals surface area contributed by atoms with Gasteiger partial charge in [-0.05, 0) is 103 Å². The number of aryl methyl sites for hydroxylation is 1. The highest BCUT2D eigenvalue weighted by molar-refractivity contribution is 6.44. The molecule has 14 aromatic rings. The van der Waals surface area contributed by atoms with Gasteiger partial charge in [0.25, 0.3) is 11.1 Å². The van der Waals surface area contributed by atoms with Crippen LogP contribution in [-0.4, -0.2) is 14.0 Å². The average molecular weight is 980 g/mol. The van der Waals surface area contributed by atoms with Crippen LogP contribution in [0.25, 0.3) is 93.6 Å². The maximum atomic E-state index is 15.7. The van der Waals surface area contributed by atoms with Crippen molar-refractivity contribution in [2.75, 3.05) is 22.9 Å². The Morgan fingerprint density at radius 2 is 0.840 bits per heavy atom. The zero-order chi connectivity index (χ0) is 51.0. The molecule has 0 radical (unpaired) electrons. The number of nitrogen functional groups attached to an aromatic ring is 4. The number of para-hydroxylation sites is 3. The van der Waals surface area contributed by atoms with Crippen LogP contribution in [0.5, 0.6) is 46.0 Å². The molecule has 0 saturated heterocycles. The van der Waals surface area contributed by atoms with Gasteiger partial charge in [0.05, 0.1) is 32.8 Å².